The van der Waals surface area contributed by atoms with Gasteiger partial charge < -0.3 is 21.7 Å². The van der Waals surface area contributed by atoms with E-state index in [-0.39, 0.29) is 57.6 Å². The molecule has 0 aromatic heterocycles. The highest BCUT2D eigenvalue weighted by molar-refractivity contribution is 7.86. The Balaban J connectivity index is 1.25. The monoisotopic (exact) mass is 874 g/mol. The third-order valence-electron chi connectivity index (χ3n) is 8.78. The standard InChI is InChI=1S/C34H30N6O14S4/c35-33(9-7-21-11-25(55(43,44)45)15-29(41)27(21)17-33)39-37-23-5-3-19(31(13-23)57(49,50)51)1-2-20-4-6-24(14-32(20)58(52,53)54)38-40-34(36)10-8-22-12-26(56(46,47)48)16-30(42)28(22)18-34/h1-16,41-42H,17-18,35-36H2,(H,43,44,45)(H,46,47,48)(H,49,50,51)(H,52,53,54). The summed E-state index contributed by atoms with van der Waals surface area (Å²) < 4.78 is 134. The van der Waals surface area contributed by atoms with Gasteiger partial charge in [-0.25, -0.2) is 0 Å². The topological polar surface area (TPSA) is 359 Å². The number of rotatable bonds is 10. The number of fused-ring (bicyclic) bond motifs is 2. The number of phenolic OH excluding ortho intramolecular Hbond substituents is 2. The fourth-order valence-electron chi connectivity index (χ4n) is 5.95. The smallest absolute Gasteiger partial charge is 0.295 e. The van der Waals surface area contributed by atoms with Crippen molar-refractivity contribution in [2.24, 2.45) is 31.9 Å². The van der Waals surface area contributed by atoms with E-state index in [4.69, 9.17) is 11.5 Å². The molecule has 0 fully saturated rings. The Morgan fingerprint density at radius 3 is 1.22 bits per heavy atom. The lowest BCUT2D eigenvalue weighted by molar-refractivity contribution is 0.446. The Morgan fingerprint density at radius 2 is 0.897 bits per heavy atom. The van der Waals surface area contributed by atoms with Crippen LogP contribution < -0.4 is 11.5 Å². The number of aromatic hydroxyl groups is 2. The molecule has 0 saturated carbocycles. The Morgan fingerprint density at radius 1 is 0.534 bits per heavy atom. The molecule has 2 aliphatic carbocycles. The summed E-state index contributed by atoms with van der Waals surface area (Å²) in [5.74, 6) is -0.977. The van der Waals surface area contributed by atoms with E-state index < -0.39 is 82.9 Å². The molecule has 0 spiro atoms. The fraction of sp³-hybridized carbons (Fsp3) is 0.118. The molecule has 0 bridgehead atoms. The molecular formula is C34H30N6O14S4. The fourth-order valence-corrected chi connectivity index (χ4v) is 8.43. The first-order valence-electron chi connectivity index (χ1n) is 16.1. The van der Waals surface area contributed by atoms with Crippen molar-refractivity contribution in [1.29, 1.82) is 0 Å². The largest absolute Gasteiger partial charge is 0.508 e. The molecule has 4 aromatic rings. The lowest BCUT2D eigenvalue weighted by Gasteiger charge is -2.26. The Kier molecular flexibility index (Phi) is 10.7. The molecule has 0 saturated heterocycles. The second kappa shape index (κ2) is 14.7. The van der Waals surface area contributed by atoms with Crippen molar-refractivity contribution in [2.75, 3.05) is 0 Å². The maximum atomic E-state index is 12.4. The summed E-state index contributed by atoms with van der Waals surface area (Å²) in [4.78, 5) is -2.45. The number of azo groups is 2. The van der Waals surface area contributed by atoms with Gasteiger partial charge in [-0.05, 0) is 70.8 Å². The Bertz CT molecular complexity index is 2820. The molecule has 0 amide bonds. The molecule has 0 aliphatic heterocycles. The van der Waals surface area contributed by atoms with Gasteiger partial charge in [0.1, 0.15) is 21.3 Å². The van der Waals surface area contributed by atoms with Crippen LogP contribution in [0.4, 0.5) is 11.4 Å². The molecule has 2 aliphatic rings. The van der Waals surface area contributed by atoms with Crippen LogP contribution in [0.5, 0.6) is 11.5 Å². The molecule has 6 rings (SSSR count). The normalized spacial score (nSPS) is 19.9. The quantitative estimate of drug-likeness (QED) is 0.0626. The van der Waals surface area contributed by atoms with Crippen LogP contribution in [0.25, 0.3) is 24.3 Å². The number of nitrogens with two attached hydrogens (primary N) is 2. The van der Waals surface area contributed by atoms with Crippen LogP contribution in [0.1, 0.15) is 33.4 Å². The van der Waals surface area contributed by atoms with Gasteiger partial charge in [-0.15, -0.1) is 0 Å². The van der Waals surface area contributed by atoms with Crippen molar-refractivity contribution in [3.8, 4) is 11.5 Å². The highest BCUT2D eigenvalue weighted by Crippen LogP contribution is 2.37. The summed E-state index contributed by atoms with van der Waals surface area (Å²) >= 11 is 0. The van der Waals surface area contributed by atoms with E-state index in [0.29, 0.717) is 0 Å². The number of nitrogens with zero attached hydrogens (tertiary/aromatic N) is 4. The first kappa shape index (κ1) is 42.1. The lowest BCUT2D eigenvalue weighted by atomic mass is 9.90. The summed E-state index contributed by atoms with van der Waals surface area (Å²) in [5.41, 5.74) is 9.74. The van der Waals surface area contributed by atoms with E-state index in [1.807, 2.05) is 0 Å². The molecule has 58 heavy (non-hydrogen) atoms. The van der Waals surface area contributed by atoms with Crippen LogP contribution in [0.2, 0.25) is 0 Å². The first-order valence-corrected chi connectivity index (χ1v) is 21.9. The van der Waals surface area contributed by atoms with Crippen molar-refractivity contribution in [3.63, 3.8) is 0 Å². The predicted octanol–water partition coefficient (Wildman–Crippen LogP) is 4.27. The van der Waals surface area contributed by atoms with Crippen molar-refractivity contribution in [3.05, 3.63) is 106 Å². The van der Waals surface area contributed by atoms with E-state index in [0.717, 1.165) is 48.6 Å². The van der Waals surface area contributed by atoms with E-state index >= 15 is 0 Å². The highest BCUT2D eigenvalue weighted by atomic mass is 32.2. The van der Waals surface area contributed by atoms with Gasteiger partial charge in [-0.3, -0.25) is 18.2 Å². The van der Waals surface area contributed by atoms with Crippen molar-refractivity contribution in [2.45, 2.75) is 43.7 Å². The maximum absolute atomic E-state index is 12.4. The van der Waals surface area contributed by atoms with Gasteiger partial charge in [0, 0.05) is 36.1 Å². The summed E-state index contributed by atoms with van der Waals surface area (Å²) in [7, 11) is -19.1. The van der Waals surface area contributed by atoms with Gasteiger partial charge >= 0.3 is 0 Å². The average molecular weight is 875 g/mol. The van der Waals surface area contributed by atoms with E-state index in [1.54, 1.807) is 0 Å². The van der Waals surface area contributed by atoms with Crippen molar-refractivity contribution in [1.82, 2.24) is 0 Å². The van der Waals surface area contributed by atoms with Crippen LogP contribution in [0.15, 0.2) is 113 Å². The predicted molar refractivity (Wildman–Crippen MR) is 206 cm³/mol. The third-order valence-corrected chi connectivity index (χ3v) is 12.3. The summed E-state index contributed by atoms with van der Waals surface area (Å²) in [6.07, 6.45) is 7.26. The van der Waals surface area contributed by atoms with Crippen LogP contribution >= 0.6 is 0 Å². The van der Waals surface area contributed by atoms with Gasteiger partial charge in [-0.1, -0.05) is 36.4 Å². The minimum absolute atomic E-state index is 0.111. The molecule has 20 nitrogen and oxygen atoms in total. The molecule has 10 N–H and O–H groups in total. The van der Waals surface area contributed by atoms with E-state index in [1.165, 1.54) is 48.6 Å². The molecule has 24 heteroatoms. The van der Waals surface area contributed by atoms with Gasteiger partial charge in [-0.2, -0.15) is 54.1 Å². The van der Waals surface area contributed by atoms with Crippen molar-refractivity contribution >= 4 is 76.2 Å². The summed E-state index contributed by atoms with van der Waals surface area (Å²) in [5, 5.41) is 36.8. The van der Waals surface area contributed by atoms with Crippen LogP contribution in [-0.4, -0.2) is 73.4 Å². The second-order valence-corrected chi connectivity index (χ2v) is 18.7. The zero-order valence-electron chi connectivity index (χ0n) is 29.2. The number of hydrogen-bond donors (Lipinski definition) is 8. The highest BCUT2D eigenvalue weighted by Gasteiger charge is 2.31. The second-order valence-electron chi connectivity index (χ2n) is 13.1. The first-order chi connectivity index (χ1) is 26.7. The molecule has 0 radical (unpaired) electrons. The van der Waals surface area contributed by atoms with Gasteiger partial charge in [0.15, 0.2) is 11.3 Å². The minimum atomic E-state index is -4.95. The molecular weight excluding hydrogens is 845 g/mol. The Labute approximate surface area is 330 Å². The zero-order chi connectivity index (χ0) is 42.6. The summed E-state index contributed by atoms with van der Waals surface area (Å²) in [6, 6.07) is 10.8. The average Bonchev–Trinajstić information content (AvgIpc) is 3.11. The molecule has 2 unspecified atom stereocenters. The van der Waals surface area contributed by atoms with Crippen LogP contribution in [0, 0.1) is 0 Å². The molecule has 0 heterocycles. The maximum Gasteiger partial charge on any atom is 0.295 e. The molecule has 4 aromatic carbocycles. The number of hydrogen-bond acceptors (Lipinski definition) is 16. The van der Waals surface area contributed by atoms with E-state index in [2.05, 4.69) is 20.5 Å². The van der Waals surface area contributed by atoms with Crippen molar-refractivity contribution < 1.29 is 62.1 Å². The minimum Gasteiger partial charge on any atom is -0.508 e. The van der Waals surface area contributed by atoms with Gasteiger partial charge in [0.2, 0.25) is 0 Å². The van der Waals surface area contributed by atoms with E-state index in [9.17, 15) is 62.1 Å². The molecule has 304 valence electrons. The Hall–Kier alpha value is -5.54. The summed E-state index contributed by atoms with van der Waals surface area (Å²) in [6.45, 7) is 0. The zero-order valence-corrected chi connectivity index (χ0v) is 32.4. The van der Waals surface area contributed by atoms with Crippen LogP contribution in [0.3, 0.4) is 0 Å². The number of phenols is 2. The third kappa shape index (κ3) is 9.26. The van der Waals surface area contributed by atoms with Gasteiger partial charge in [0.25, 0.3) is 40.5 Å². The van der Waals surface area contributed by atoms with Crippen LogP contribution in [-0.2, 0) is 53.3 Å². The number of benzene rings is 4. The van der Waals surface area contributed by atoms with Gasteiger partial charge in [0.05, 0.1) is 21.2 Å². The lowest BCUT2D eigenvalue weighted by Crippen LogP contribution is -2.39. The SMILES string of the molecule is NC1(N=Nc2ccc(C=Cc3ccc(N=NC4(N)C=Cc5cc(S(=O)(=O)O)cc(O)c5C4)cc3S(=O)(=O)O)c(S(=O)(=O)O)c2)C=Cc2cc(S(=O)(=O)O)cc(O)c2C1. The molecule has 2 atom stereocenters.